The number of nitrogens with zero attached hydrogens (tertiary/aromatic N) is 5. The molecule has 1 aromatic carbocycles. The third-order valence-corrected chi connectivity index (χ3v) is 6.45. The van der Waals surface area contributed by atoms with Crippen LogP contribution >= 0.6 is 11.6 Å². The lowest BCUT2D eigenvalue weighted by atomic mass is 9.99. The average molecular weight is 499 g/mol. The third-order valence-electron chi connectivity index (χ3n) is 6.27. The summed E-state index contributed by atoms with van der Waals surface area (Å²) in [5.74, 6) is 0.928. The first-order valence-corrected chi connectivity index (χ1v) is 12.4. The van der Waals surface area contributed by atoms with E-state index in [1.54, 1.807) is 0 Å². The summed E-state index contributed by atoms with van der Waals surface area (Å²) in [5.41, 5.74) is 1.98. The number of imidazole rings is 1. The second-order valence-corrected chi connectivity index (χ2v) is 9.03. The van der Waals surface area contributed by atoms with E-state index in [9.17, 15) is 9.59 Å². The Labute approximate surface area is 205 Å². The first-order valence-electron chi connectivity index (χ1n) is 12.0. The predicted octanol–water partition coefficient (Wildman–Crippen LogP) is 3.41. The van der Waals surface area contributed by atoms with Gasteiger partial charge in [-0.15, -0.1) is 0 Å². The zero-order valence-electron chi connectivity index (χ0n) is 19.5. The molecule has 11 heteroatoms. The van der Waals surface area contributed by atoms with Crippen molar-refractivity contribution in [3.63, 3.8) is 0 Å². The van der Waals surface area contributed by atoms with Crippen LogP contribution in [0, 0.1) is 0 Å². The Hall–Kier alpha value is -3.24. The third kappa shape index (κ3) is 4.68. The second-order valence-electron chi connectivity index (χ2n) is 8.67. The van der Waals surface area contributed by atoms with Crippen molar-refractivity contribution in [2.24, 2.45) is 0 Å². The largest absolute Gasteiger partial charge is 0.365 e. The molecule has 5 rings (SSSR count). The minimum absolute atomic E-state index is 0.0835. The summed E-state index contributed by atoms with van der Waals surface area (Å²) in [6, 6.07) is 8.15. The van der Waals surface area contributed by atoms with Gasteiger partial charge in [0.1, 0.15) is 6.10 Å². The van der Waals surface area contributed by atoms with Crippen molar-refractivity contribution in [1.82, 2.24) is 29.2 Å². The molecular weight excluding hydrogens is 472 g/mol. The zero-order chi connectivity index (χ0) is 24.4. The van der Waals surface area contributed by atoms with Gasteiger partial charge >= 0.3 is 5.69 Å². The Balaban J connectivity index is 1.34. The molecule has 0 spiro atoms. The van der Waals surface area contributed by atoms with Crippen molar-refractivity contribution in [1.29, 1.82) is 0 Å². The SMILES string of the molecule is CCCCn1c(=O)n(CCCc2nc(C3OCCCc4ccccc43)no2)c(=O)c2[nH]c(Cl)nc21. The van der Waals surface area contributed by atoms with E-state index in [1.165, 1.54) is 14.7 Å². The molecule has 0 saturated carbocycles. The first-order chi connectivity index (χ1) is 17.1. The monoisotopic (exact) mass is 498 g/mol. The molecule has 10 nitrogen and oxygen atoms in total. The molecule has 184 valence electrons. The van der Waals surface area contributed by atoms with Crippen LogP contribution in [0.4, 0.5) is 0 Å². The van der Waals surface area contributed by atoms with Crippen molar-refractivity contribution in [2.45, 2.75) is 64.6 Å². The molecule has 0 radical (unpaired) electrons. The highest BCUT2D eigenvalue weighted by molar-refractivity contribution is 6.28. The molecule has 0 fully saturated rings. The summed E-state index contributed by atoms with van der Waals surface area (Å²) >= 11 is 5.99. The quantitative estimate of drug-likeness (QED) is 0.369. The van der Waals surface area contributed by atoms with E-state index >= 15 is 0 Å². The fraction of sp³-hybridized carbons (Fsp3) is 0.458. The van der Waals surface area contributed by atoms with Crippen LogP contribution in [0.2, 0.25) is 5.28 Å². The second kappa shape index (κ2) is 10.2. The lowest BCUT2D eigenvalue weighted by Crippen LogP contribution is -2.40. The van der Waals surface area contributed by atoms with Gasteiger partial charge in [0.05, 0.1) is 0 Å². The van der Waals surface area contributed by atoms with Gasteiger partial charge in [-0.25, -0.2) is 4.79 Å². The number of halogens is 1. The topological polar surface area (TPSA) is 121 Å². The average Bonchev–Trinajstić information content (AvgIpc) is 3.42. The Morgan fingerprint density at radius 1 is 1.14 bits per heavy atom. The number of H-pyrrole nitrogens is 1. The number of aryl methyl sites for hydroxylation is 3. The van der Waals surface area contributed by atoms with E-state index in [2.05, 4.69) is 26.2 Å². The van der Waals surface area contributed by atoms with Crippen molar-refractivity contribution in [3.8, 4) is 0 Å². The van der Waals surface area contributed by atoms with Gasteiger partial charge in [0, 0.05) is 26.1 Å². The highest BCUT2D eigenvalue weighted by Crippen LogP contribution is 2.30. The number of nitrogens with one attached hydrogen (secondary N) is 1. The molecule has 0 amide bonds. The lowest BCUT2D eigenvalue weighted by molar-refractivity contribution is 0.0766. The summed E-state index contributed by atoms with van der Waals surface area (Å²) in [4.78, 5) is 37.5. The maximum absolute atomic E-state index is 13.1. The number of rotatable bonds is 8. The minimum Gasteiger partial charge on any atom is -0.365 e. The van der Waals surface area contributed by atoms with Gasteiger partial charge in [0.25, 0.3) is 5.56 Å². The number of aromatic nitrogens is 6. The first kappa shape index (κ1) is 23.5. The molecule has 4 heterocycles. The maximum Gasteiger partial charge on any atom is 0.332 e. The number of hydrogen-bond donors (Lipinski definition) is 1. The van der Waals surface area contributed by atoms with Crippen molar-refractivity contribution >= 4 is 22.8 Å². The minimum atomic E-state index is -0.438. The Morgan fingerprint density at radius 3 is 2.83 bits per heavy atom. The van der Waals surface area contributed by atoms with Gasteiger partial charge in [-0.2, -0.15) is 9.97 Å². The maximum atomic E-state index is 13.1. The number of aromatic amines is 1. The normalized spacial score (nSPS) is 15.9. The number of benzene rings is 1. The van der Waals surface area contributed by atoms with Crippen LogP contribution in [0.5, 0.6) is 0 Å². The highest BCUT2D eigenvalue weighted by Gasteiger charge is 2.25. The Kier molecular flexibility index (Phi) is 6.83. The van der Waals surface area contributed by atoms with E-state index in [-0.39, 0.29) is 23.4 Å². The van der Waals surface area contributed by atoms with E-state index < -0.39 is 11.2 Å². The number of hydrogen-bond acceptors (Lipinski definition) is 7. The Morgan fingerprint density at radius 2 is 1.97 bits per heavy atom. The van der Waals surface area contributed by atoms with Gasteiger partial charge in [-0.05, 0) is 48.4 Å². The van der Waals surface area contributed by atoms with Gasteiger partial charge in [0.2, 0.25) is 17.0 Å². The fourth-order valence-electron chi connectivity index (χ4n) is 4.50. The predicted molar refractivity (Wildman–Crippen MR) is 130 cm³/mol. The molecule has 3 aromatic heterocycles. The summed E-state index contributed by atoms with van der Waals surface area (Å²) in [6.07, 6.45) is 4.10. The van der Waals surface area contributed by atoms with Gasteiger partial charge in [0.15, 0.2) is 11.2 Å². The summed E-state index contributed by atoms with van der Waals surface area (Å²) in [5, 5.41) is 4.24. The number of unbranched alkanes of at least 4 members (excludes halogenated alkanes) is 1. The van der Waals surface area contributed by atoms with Gasteiger partial charge in [-0.3, -0.25) is 13.9 Å². The molecule has 0 aliphatic carbocycles. The van der Waals surface area contributed by atoms with Crippen LogP contribution in [-0.4, -0.2) is 35.8 Å². The molecule has 1 unspecified atom stereocenters. The molecule has 1 atom stereocenters. The number of ether oxygens (including phenoxy) is 1. The van der Waals surface area contributed by atoms with Crippen LogP contribution in [0.15, 0.2) is 38.4 Å². The molecule has 1 N–H and O–H groups in total. The molecule has 4 aromatic rings. The summed E-state index contributed by atoms with van der Waals surface area (Å²) < 4.78 is 14.2. The van der Waals surface area contributed by atoms with E-state index in [4.69, 9.17) is 20.9 Å². The standard InChI is InChI=1S/C24H27ClN6O4/c1-2-3-12-30-21-18(27-23(25)28-21)22(32)31(24(30)33)13-6-11-17-26-20(29-35-17)19-16-10-5-4-8-15(16)9-7-14-34-19/h4-5,8,10,19H,2-3,6-7,9,11-14H2,1H3,(H,27,28). The zero-order valence-corrected chi connectivity index (χ0v) is 20.3. The Bertz CT molecular complexity index is 1450. The number of fused-ring (bicyclic) bond motifs is 2. The van der Waals surface area contributed by atoms with Crippen molar-refractivity contribution < 1.29 is 9.26 Å². The van der Waals surface area contributed by atoms with E-state index in [1.807, 2.05) is 25.1 Å². The van der Waals surface area contributed by atoms with Crippen LogP contribution in [-0.2, 0) is 30.7 Å². The van der Waals surface area contributed by atoms with Crippen molar-refractivity contribution in [3.05, 3.63) is 73.2 Å². The molecule has 0 saturated heterocycles. The van der Waals surface area contributed by atoms with E-state index in [0.717, 1.165) is 31.2 Å². The van der Waals surface area contributed by atoms with E-state index in [0.29, 0.717) is 43.4 Å². The molecule has 1 aliphatic rings. The van der Waals surface area contributed by atoms with Crippen LogP contribution in [0.25, 0.3) is 11.2 Å². The van der Waals surface area contributed by atoms with Crippen LogP contribution < -0.4 is 11.2 Å². The molecular formula is C24H27ClN6O4. The van der Waals surface area contributed by atoms with Crippen LogP contribution in [0.1, 0.15) is 61.6 Å². The summed E-state index contributed by atoms with van der Waals surface area (Å²) in [6.45, 7) is 3.32. The molecule has 35 heavy (non-hydrogen) atoms. The van der Waals surface area contributed by atoms with Gasteiger partial charge in [-0.1, -0.05) is 42.8 Å². The van der Waals surface area contributed by atoms with Crippen LogP contribution in [0.3, 0.4) is 0 Å². The molecule has 1 aliphatic heterocycles. The smallest absolute Gasteiger partial charge is 0.332 e. The molecule has 0 bridgehead atoms. The lowest BCUT2D eigenvalue weighted by Gasteiger charge is -2.13. The summed E-state index contributed by atoms with van der Waals surface area (Å²) in [7, 11) is 0. The van der Waals surface area contributed by atoms with Crippen molar-refractivity contribution in [2.75, 3.05) is 6.61 Å². The van der Waals surface area contributed by atoms with Gasteiger partial charge < -0.3 is 14.2 Å². The fourth-order valence-corrected chi connectivity index (χ4v) is 4.68. The highest BCUT2D eigenvalue weighted by atomic mass is 35.5.